The van der Waals surface area contributed by atoms with Gasteiger partial charge >= 0.3 is 0 Å². The zero-order chi connectivity index (χ0) is 12.3. The minimum Gasteiger partial charge on any atom is -0.337 e. The standard InChI is InChI=1S/C13H16BrN3/c1-15-12(13-16-7-8-17(13)2)9-10-5-3-4-6-11(10)14/h3-8,12,15H,9H2,1-2H3. The molecule has 0 radical (unpaired) electrons. The summed E-state index contributed by atoms with van der Waals surface area (Å²) in [6.07, 6.45) is 4.72. The quantitative estimate of drug-likeness (QED) is 0.939. The van der Waals surface area contributed by atoms with Crippen LogP contribution in [0.1, 0.15) is 17.4 Å². The number of nitrogens with one attached hydrogen (secondary N) is 1. The van der Waals surface area contributed by atoms with Crippen molar-refractivity contribution < 1.29 is 0 Å². The highest BCUT2D eigenvalue weighted by Gasteiger charge is 2.15. The van der Waals surface area contributed by atoms with Crippen LogP contribution in [0.3, 0.4) is 0 Å². The first kappa shape index (κ1) is 12.3. The molecule has 1 N–H and O–H groups in total. The molecule has 1 aromatic carbocycles. The van der Waals surface area contributed by atoms with Crippen molar-refractivity contribution >= 4 is 15.9 Å². The Bertz CT molecular complexity index is 493. The molecular weight excluding hydrogens is 278 g/mol. The van der Waals surface area contributed by atoms with Crippen molar-refractivity contribution in [2.75, 3.05) is 7.05 Å². The Labute approximate surface area is 110 Å². The summed E-state index contributed by atoms with van der Waals surface area (Å²) in [5.41, 5.74) is 1.29. The van der Waals surface area contributed by atoms with Crippen molar-refractivity contribution in [3.05, 3.63) is 52.5 Å². The molecule has 90 valence electrons. The number of rotatable bonds is 4. The van der Waals surface area contributed by atoms with E-state index in [1.807, 2.05) is 32.6 Å². The van der Waals surface area contributed by atoms with E-state index >= 15 is 0 Å². The summed E-state index contributed by atoms with van der Waals surface area (Å²) in [7, 11) is 3.99. The molecule has 3 nitrogen and oxygen atoms in total. The Balaban J connectivity index is 2.22. The van der Waals surface area contributed by atoms with Crippen molar-refractivity contribution in [3.8, 4) is 0 Å². The van der Waals surface area contributed by atoms with E-state index in [1.165, 1.54) is 5.56 Å². The molecule has 2 rings (SSSR count). The fourth-order valence-corrected chi connectivity index (χ4v) is 2.37. The normalized spacial score (nSPS) is 12.6. The van der Waals surface area contributed by atoms with E-state index in [0.29, 0.717) is 0 Å². The number of aromatic nitrogens is 2. The van der Waals surface area contributed by atoms with Crippen LogP contribution in [0.2, 0.25) is 0 Å². The zero-order valence-electron chi connectivity index (χ0n) is 10.0. The molecule has 1 atom stereocenters. The first-order valence-corrected chi connectivity index (χ1v) is 6.39. The summed E-state index contributed by atoms with van der Waals surface area (Å²) >= 11 is 3.58. The molecule has 1 aromatic heterocycles. The molecule has 0 aliphatic carbocycles. The smallest absolute Gasteiger partial charge is 0.125 e. The van der Waals surface area contributed by atoms with E-state index in [9.17, 15) is 0 Å². The number of likely N-dealkylation sites (N-methyl/N-ethyl adjacent to an activating group) is 1. The van der Waals surface area contributed by atoms with Crippen molar-refractivity contribution in [2.24, 2.45) is 7.05 Å². The van der Waals surface area contributed by atoms with Gasteiger partial charge in [-0.1, -0.05) is 34.1 Å². The molecule has 17 heavy (non-hydrogen) atoms. The number of nitrogens with zero attached hydrogens (tertiary/aromatic N) is 2. The average Bonchev–Trinajstić information content (AvgIpc) is 2.75. The first-order chi connectivity index (χ1) is 8.22. The lowest BCUT2D eigenvalue weighted by Gasteiger charge is -2.16. The Kier molecular flexibility index (Phi) is 3.97. The van der Waals surface area contributed by atoms with Gasteiger partial charge in [0.15, 0.2) is 0 Å². The molecule has 0 aliphatic heterocycles. The van der Waals surface area contributed by atoms with Gasteiger partial charge in [0.2, 0.25) is 0 Å². The highest BCUT2D eigenvalue weighted by molar-refractivity contribution is 9.10. The lowest BCUT2D eigenvalue weighted by molar-refractivity contribution is 0.537. The molecule has 0 saturated heterocycles. The summed E-state index contributed by atoms with van der Waals surface area (Å²) in [4.78, 5) is 4.40. The van der Waals surface area contributed by atoms with E-state index in [-0.39, 0.29) is 6.04 Å². The second-order valence-electron chi connectivity index (χ2n) is 4.03. The Morgan fingerprint density at radius 3 is 2.76 bits per heavy atom. The molecular formula is C13H16BrN3. The third-order valence-electron chi connectivity index (χ3n) is 2.90. The lowest BCUT2D eigenvalue weighted by Crippen LogP contribution is -2.22. The number of hydrogen-bond donors (Lipinski definition) is 1. The van der Waals surface area contributed by atoms with Crippen molar-refractivity contribution in [2.45, 2.75) is 12.5 Å². The third kappa shape index (κ3) is 2.76. The summed E-state index contributed by atoms with van der Waals surface area (Å²) in [5.74, 6) is 1.06. The summed E-state index contributed by atoms with van der Waals surface area (Å²) in [6.45, 7) is 0. The van der Waals surface area contributed by atoms with Gasteiger partial charge in [-0.15, -0.1) is 0 Å². The van der Waals surface area contributed by atoms with E-state index < -0.39 is 0 Å². The van der Waals surface area contributed by atoms with Crippen molar-refractivity contribution in [1.82, 2.24) is 14.9 Å². The summed E-state index contributed by atoms with van der Waals surface area (Å²) < 4.78 is 3.20. The number of halogens is 1. The molecule has 0 amide bonds. The van der Waals surface area contributed by atoms with Gasteiger partial charge in [0.1, 0.15) is 5.82 Å². The second-order valence-corrected chi connectivity index (χ2v) is 4.89. The van der Waals surface area contributed by atoms with Crippen molar-refractivity contribution in [1.29, 1.82) is 0 Å². The molecule has 0 spiro atoms. The van der Waals surface area contributed by atoms with Gasteiger partial charge in [0.25, 0.3) is 0 Å². The maximum absolute atomic E-state index is 4.40. The SMILES string of the molecule is CNC(Cc1ccccc1Br)c1nccn1C. The largest absolute Gasteiger partial charge is 0.337 e. The van der Waals surface area contributed by atoms with Gasteiger partial charge in [-0.3, -0.25) is 0 Å². The second kappa shape index (κ2) is 5.47. The highest BCUT2D eigenvalue weighted by atomic mass is 79.9. The fraction of sp³-hybridized carbons (Fsp3) is 0.308. The molecule has 1 heterocycles. The summed E-state index contributed by atoms with van der Waals surface area (Å²) in [5, 5.41) is 3.32. The monoisotopic (exact) mass is 293 g/mol. The van der Waals surface area contributed by atoms with Crippen LogP contribution in [0.5, 0.6) is 0 Å². The van der Waals surface area contributed by atoms with Crippen LogP contribution in [0, 0.1) is 0 Å². The predicted molar refractivity (Wildman–Crippen MR) is 72.9 cm³/mol. The minimum atomic E-state index is 0.230. The van der Waals surface area contributed by atoms with E-state index in [2.05, 4.69) is 49.0 Å². The topological polar surface area (TPSA) is 29.9 Å². The van der Waals surface area contributed by atoms with Crippen LogP contribution < -0.4 is 5.32 Å². The Hall–Kier alpha value is -1.13. The van der Waals surface area contributed by atoms with E-state index in [4.69, 9.17) is 0 Å². The van der Waals surface area contributed by atoms with Crippen LogP contribution >= 0.6 is 15.9 Å². The molecule has 0 saturated carbocycles. The highest BCUT2D eigenvalue weighted by Crippen LogP contribution is 2.22. The van der Waals surface area contributed by atoms with Gasteiger partial charge in [0, 0.05) is 23.9 Å². The number of imidazole rings is 1. The fourth-order valence-electron chi connectivity index (χ4n) is 1.92. The van der Waals surface area contributed by atoms with Crippen LogP contribution in [0.25, 0.3) is 0 Å². The summed E-state index contributed by atoms with van der Waals surface area (Å²) in [6, 6.07) is 8.53. The molecule has 1 unspecified atom stereocenters. The van der Waals surface area contributed by atoms with E-state index in [0.717, 1.165) is 16.7 Å². The average molecular weight is 294 g/mol. The maximum Gasteiger partial charge on any atom is 0.125 e. The Morgan fingerprint density at radius 2 is 2.18 bits per heavy atom. The molecule has 0 bridgehead atoms. The molecule has 2 aromatic rings. The number of benzene rings is 1. The van der Waals surface area contributed by atoms with Crippen LogP contribution in [-0.4, -0.2) is 16.6 Å². The van der Waals surface area contributed by atoms with Gasteiger partial charge in [0.05, 0.1) is 6.04 Å². The van der Waals surface area contributed by atoms with E-state index in [1.54, 1.807) is 0 Å². The van der Waals surface area contributed by atoms with Crippen LogP contribution in [-0.2, 0) is 13.5 Å². The molecule has 4 heteroatoms. The van der Waals surface area contributed by atoms with Crippen LogP contribution in [0.15, 0.2) is 41.1 Å². The third-order valence-corrected chi connectivity index (χ3v) is 3.67. The minimum absolute atomic E-state index is 0.230. The van der Waals surface area contributed by atoms with Gasteiger partial charge in [-0.2, -0.15) is 0 Å². The van der Waals surface area contributed by atoms with Gasteiger partial charge < -0.3 is 9.88 Å². The number of aryl methyl sites for hydroxylation is 1. The number of hydrogen-bond acceptors (Lipinski definition) is 2. The predicted octanol–water partition coefficient (Wildman–Crippen LogP) is 2.69. The van der Waals surface area contributed by atoms with Gasteiger partial charge in [-0.05, 0) is 25.1 Å². The first-order valence-electron chi connectivity index (χ1n) is 5.60. The molecule has 0 fully saturated rings. The lowest BCUT2D eigenvalue weighted by atomic mass is 10.1. The van der Waals surface area contributed by atoms with Gasteiger partial charge in [-0.25, -0.2) is 4.98 Å². The Morgan fingerprint density at radius 1 is 1.41 bits per heavy atom. The van der Waals surface area contributed by atoms with Crippen LogP contribution in [0.4, 0.5) is 0 Å². The maximum atomic E-state index is 4.40. The van der Waals surface area contributed by atoms with Crippen molar-refractivity contribution in [3.63, 3.8) is 0 Å². The molecule has 0 aliphatic rings. The zero-order valence-corrected chi connectivity index (χ0v) is 11.6.